The number of aryl methyl sites for hydroxylation is 1. The monoisotopic (exact) mass is 320 g/mol. The predicted molar refractivity (Wildman–Crippen MR) is 82.0 cm³/mol. The van der Waals surface area contributed by atoms with Gasteiger partial charge in [-0.05, 0) is 19.4 Å². The topological polar surface area (TPSA) is 82.3 Å². The van der Waals surface area contributed by atoms with Crippen molar-refractivity contribution in [3.05, 3.63) is 56.9 Å². The third-order valence-corrected chi connectivity index (χ3v) is 3.44. The molecule has 0 fully saturated rings. The molecule has 2 aromatic rings. The summed E-state index contributed by atoms with van der Waals surface area (Å²) in [5.41, 5.74) is 1.65. The zero-order chi connectivity index (χ0) is 16.3. The Kier molecular flexibility index (Phi) is 4.72. The number of hydrogen-bond acceptors (Lipinski definition) is 5. The number of ether oxygens (including phenoxy) is 1. The molecule has 0 spiro atoms. The predicted octanol–water partition coefficient (Wildman–Crippen LogP) is 3.80. The molecule has 7 heteroatoms. The molecule has 0 aliphatic carbocycles. The number of benzene rings is 1. The molecule has 0 radical (unpaired) electrons. The fraction of sp³-hybridized carbons (Fsp3) is 0.200. The molecular weight excluding hydrogens is 308 g/mol. The van der Waals surface area contributed by atoms with Gasteiger partial charge < -0.3 is 4.74 Å². The van der Waals surface area contributed by atoms with E-state index in [1.165, 1.54) is 18.3 Å². The number of pyridine rings is 1. The smallest absolute Gasteiger partial charge is 0.341 e. The first-order valence-corrected chi connectivity index (χ1v) is 6.90. The van der Waals surface area contributed by atoms with Gasteiger partial charge in [-0.15, -0.1) is 0 Å². The first-order valence-electron chi connectivity index (χ1n) is 6.52. The number of nitro benzene ring substituents is 1. The molecule has 1 heterocycles. The number of esters is 1. The lowest BCUT2D eigenvalue weighted by atomic mass is 10.0. The number of carbonyl (C=O) groups is 1. The Hall–Kier alpha value is -2.47. The largest absolute Gasteiger partial charge is 0.462 e. The molecule has 0 unspecified atom stereocenters. The van der Waals surface area contributed by atoms with E-state index < -0.39 is 10.9 Å². The molecule has 22 heavy (non-hydrogen) atoms. The molecule has 0 N–H and O–H groups in total. The second-order valence-corrected chi connectivity index (χ2v) is 4.85. The summed E-state index contributed by atoms with van der Waals surface area (Å²) in [6, 6.07) is 6.01. The Bertz CT molecular complexity index is 746. The lowest BCUT2D eigenvalue weighted by Crippen LogP contribution is -2.07. The average molecular weight is 321 g/mol. The van der Waals surface area contributed by atoms with E-state index in [2.05, 4.69) is 4.98 Å². The summed E-state index contributed by atoms with van der Waals surface area (Å²) in [7, 11) is 0. The van der Waals surface area contributed by atoms with Gasteiger partial charge >= 0.3 is 5.97 Å². The Morgan fingerprint density at radius 2 is 2.18 bits per heavy atom. The van der Waals surface area contributed by atoms with Crippen LogP contribution < -0.4 is 0 Å². The maximum Gasteiger partial charge on any atom is 0.341 e. The molecule has 0 bridgehead atoms. The Balaban J connectivity index is 2.60. The molecule has 1 aromatic heterocycles. The van der Waals surface area contributed by atoms with Crippen LogP contribution in [0.1, 0.15) is 23.0 Å². The summed E-state index contributed by atoms with van der Waals surface area (Å²) in [6.45, 7) is 3.62. The van der Waals surface area contributed by atoms with Crippen molar-refractivity contribution in [1.29, 1.82) is 0 Å². The van der Waals surface area contributed by atoms with Crippen LogP contribution in [0.5, 0.6) is 0 Å². The van der Waals surface area contributed by atoms with Crippen LogP contribution in [-0.2, 0) is 4.74 Å². The van der Waals surface area contributed by atoms with Gasteiger partial charge in [-0.25, -0.2) is 4.79 Å². The van der Waals surface area contributed by atoms with Crippen molar-refractivity contribution in [2.45, 2.75) is 13.8 Å². The van der Waals surface area contributed by atoms with Crippen molar-refractivity contribution in [2.24, 2.45) is 0 Å². The third-order valence-electron chi connectivity index (χ3n) is 3.05. The number of non-ortho nitro benzene ring substituents is 1. The van der Waals surface area contributed by atoms with E-state index >= 15 is 0 Å². The van der Waals surface area contributed by atoms with Crippen LogP contribution >= 0.6 is 11.6 Å². The van der Waals surface area contributed by atoms with Crippen LogP contribution in [0.4, 0.5) is 5.69 Å². The minimum atomic E-state index is -0.577. The average Bonchev–Trinajstić information content (AvgIpc) is 2.47. The highest BCUT2D eigenvalue weighted by Crippen LogP contribution is 2.34. The van der Waals surface area contributed by atoms with Gasteiger partial charge in [0.15, 0.2) is 0 Å². The molecule has 0 aliphatic rings. The molecule has 6 nitrogen and oxygen atoms in total. The quantitative estimate of drug-likeness (QED) is 0.486. The zero-order valence-electron chi connectivity index (χ0n) is 12.0. The van der Waals surface area contributed by atoms with Crippen molar-refractivity contribution in [1.82, 2.24) is 4.98 Å². The Morgan fingerprint density at radius 1 is 1.45 bits per heavy atom. The fourth-order valence-electron chi connectivity index (χ4n) is 2.04. The fourth-order valence-corrected chi connectivity index (χ4v) is 2.41. The highest BCUT2D eigenvalue weighted by molar-refractivity contribution is 6.36. The number of carbonyl (C=O) groups excluding carboxylic acids is 1. The Labute approximate surface area is 131 Å². The van der Waals surface area contributed by atoms with Crippen molar-refractivity contribution < 1.29 is 14.5 Å². The van der Waals surface area contributed by atoms with Crippen molar-refractivity contribution in [3.63, 3.8) is 0 Å². The van der Waals surface area contributed by atoms with Crippen LogP contribution in [0.3, 0.4) is 0 Å². The van der Waals surface area contributed by atoms with Gasteiger partial charge in [0.05, 0.1) is 22.1 Å². The number of hydrogen-bond donors (Lipinski definition) is 0. The van der Waals surface area contributed by atoms with E-state index in [4.69, 9.17) is 16.3 Å². The first-order chi connectivity index (χ1) is 10.5. The summed E-state index contributed by atoms with van der Waals surface area (Å²) in [5.74, 6) is -0.577. The summed E-state index contributed by atoms with van der Waals surface area (Å²) in [4.78, 5) is 26.4. The maximum atomic E-state index is 11.9. The first kappa shape index (κ1) is 15.9. The van der Waals surface area contributed by atoms with Gasteiger partial charge in [0.1, 0.15) is 0 Å². The van der Waals surface area contributed by atoms with Crippen LogP contribution in [0, 0.1) is 17.0 Å². The molecular formula is C15H13ClN2O4. The Morgan fingerprint density at radius 3 is 2.82 bits per heavy atom. The van der Waals surface area contributed by atoms with E-state index in [1.54, 1.807) is 26.0 Å². The van der Waals surface area contributed by atoms with E-state index in [0.717, 1.165) is 0 Å². The lowest BCUT2D eigenvalue weighted by molar-refractivity contribution is -0.384. The molecule has 1 aromatic carbocycles. The summed E-state index contributed by atoms with van der Waals surface area (Å²) < 4.78 is 4.93. The van der Waals surface area contributed by atoms with Crippen LogP contribution in [0.25, 0.3) is 11.1 Å². The number of nitrogens with zero attached hydrogens (tertiary/aromatic N) is 2. The van der Waals surface area contributed by atoms with Gasteiger partial charge in [0.2, 0.25) is 0 Å². The number of aromatic nitrogens is 1. The minimum absolute atomic E-state index is 0.0606. The highest BCUT2D eigenvalue weighted by Gasteiger charge is 2.19. The molecule has 114 valence electrons. The van der Waals surface area contributed by atoms with Crippen LogP contribution in [-0.4, -0.2) is 22.5 Å². The van der Waals surface area contributed by atoms with E-state index in [0.29, 0.717) is 16.8 Å². The van der Waals surface area contributed by atoms with Crippen LogP contribution in [0.2, 0.25) is 5.02 Å². The molecule has 0 saturated heterocycles. The SMILES string of the molecule is CCOC(=O)c1cnc(C)c(-c2cccc([N+](=O)[O-])c2)c1Cl. The van der Waals surface area contributed by atoms with Crippen LogP contribution in [0.15, 0.2) is 30.5 Å². The molecule has 0 aliphatic heterocycles. The van der Waals surface area contributed by atoms with Gasteiger partial charge in [-0.1, -0.05) is 23.7 Å². The summed E-state index contributed by atoms with van der Waals surface area (Å²) in [6.07, 6.45) is 1.34. The van der Waals surface area contributed by atoms with Gasteiger partial charge in [-0.3, -0.25) is 15.1 Å². The van der Waals surface area contributed by atoms with Crippen molar-refractivity contribution >= 4 is 23.3 Å². The second kappa shape index (κ2) is 6.53. The minimum Gasteiger partial charge on any atom is -0.462 e. The zero-order valence-corrected chi connectivity index (χ0v) is 12.8. The summed E-state index contributed by atoms with van der Waals surface area (Å²) in [5, 5.41) is 11.1. The highest BCUT2D eigenvalue weighted by atomic mass is 35.5. The summed E-state index contributed by atoms with van der Waals surface area (Å²) >= 11 is 6.30. The molecule has 2 rings (SSSR count). The number of halogens is 1. The van der Waals surface area contributed by atoms with Gasteiger partial charge in [-0.2, -0.15) is 0 Å². The third kappa shape index (κ3) is 3.07. The molecule has 0 amide bonds. The van der Waals surface area contributed by atoms with E-state index in [-0.39, 0.29) is 22.9 Å². The normalized spacial score (nSPS) is 10.3. The van der Waals surface area contributed by atoms with Crippen molar-refractivity contribution in [2.75, 3.05) is 6.61 Å². The molecule has 0 atom stereocenters. The maximum absolute atomic E-state index is 11.9. The second-order valence-electron chi connectivity index (χ2n) is 4.47. The number of rotatable bonds is 4. The van der Waals surface area contributed by atoms with Gasteiger partial charge in [0.25, 0.3) is 5.69 Å². The lowest BCUT2D eigenvalue weighted by Gasteiger charge is -2.11. The molecule has 0 saturated carbocycles. The van der Waals surface area contributed by atoms with Gasteiger partial charge in [0, 0.05) is 29.6 Å². The number of nitro groups is 1. The van der Waals surface area contributed by atoms with E-state index in [1.807, 2.05) is 0 Å². The van der Waals surface area contributed by atoms with Crippen molar-refractivity contribution in [3.8, 4) is 11.1 Å². The standard InChI is InChI=1S/C15H13ClN2O4/c1-3-22-15(19)12-8-17-9(2)13(14(12)16)10-5-4-6-11(7-10)18(20)21/h4-8H,3H2,1-2H3. The van der Waals surface area contributed by atoms with E-state index in [9.17, 15) is 14.9 Å².